The number of nitrogens with one attached hydrogen (secondary N) is 1. The van der Waals surface area contributed by atoms with Crippen molar-refractivity contribution in [2.24, 2.45) is 0 Å². The Hall–Kier alpha value is -1.29. The summed E-state index contributed by atoms with van der Waals surface area (Å²) in [6, 6.07) is 8.10. The Kier molecular flexibility index (Phi) is 3.62. The van der Waals surface area contributed by atoms with E-state index in [0.717, 1.165) is 22.5 Å². The van der Waals surface area contributed by atoms with Gasteiger partial charge in [0, 0.05) is 6.42 Å². The number of benzene rings is 1. The van der Waals surface area contributed by atoms with Crippen LogP contribution in [0.2, 0.25) is 0 Å². The van der Waals surface area contributed by atoms with Crippen LogP contribution in [0, 0.1) is 0 Å². The number of halogens is 1. The molecule has 16 heavy (non-hydrogen) atoms. The van der Waals surface area contributed by atoms with Crippen LogP contribution in [0.1, 0.15) is 18.2 Å². The minimum Gasteiger partial charge on any atom is -0.494 e. The Bertz CT molecular complexity index is 468. The fourth-order valence-corrected chi connectivity index (χ4v) is 1.90. The van der Waals surface area contributed by atoms with Gasteiger partial charge in [0.05, 0.1) is 18.6 Å². The van der Waals surface area contributed by atoms with Gasteiger partial charge in [-0.05, 0) is 40.5 Å². The van der Waals surface area contributed by atoms with Gasteiger partial charge in [0.25, 0.3) is 0 Å². The zero-order valence-electron chi connectivity index (χ0n) is 9.03. The van der Waals surface area contributed by atoms with Crippen LogP contribution < -0.4 is 4.74 Å². The molecule has 0 bridgehead atoms. The maximum atomic E-state index is 5.46. The van der Waals surface area contributed by atoms with Crippen molar-refractivity contribution >= 4 is 15.9 Å². The van der Waals surface area contributed by atoms with Crippen molar-refractivity contribution in [3.63, 3.8) is 0 Å². The summed E-state index contributed by atoms with van der Waals surface area (Å²) in [6.07, 6.45) is 2.51. The summed E-state index contributed by atoms with van der Waals surface area (Å²) < 4.78 is 6.33. The number of aromatic nitrogens is 2. The zero-order chi connectivity index (χ0) is 11.4. The molecule has 0 unspecified atom stereocenters. The summed E-state index contributed by atoms with van der Waals surface area (Å²) in [5.74, 6) is 0.913. The number of hydrogen-bond donors (Lipinski definition) is 1. The quantitative estimate of drug-likeness (QED) is 0.934. The van der Waals surface area contributed by atoms with E-state index in [-0.39, 0.29) is 0 Å². The molecule has 0 aliphatic carbocycles. The lowest BCUT2D eigenvalue weighted by atomic mass is 10.1. The van der Waals surface area contributed by atoms with Crippen molar-refractivity contribution in [1.29, 1.82) is 0 Å². The molecular weight excluding hydrogens is 268 g/mol. The first-order valence-electron chi connectivity index (χ1n) is 5.19. The molecule has 1 N–H and O–H groups in total. The fraction of sp³-hybridized carbons (Fsp3) is 0.250. The van der Waals surface area contributed by atoms with Crippen LogP contribution in [0.25, 0.3) is 0 Å². The van der Waals surface area contributed by atoms with Crippen molar-refractivity contribution in [2.75, 3.05) is 6.61 Å². The van der Waals surface area contributed by atoms with E-state index in [1.807, 2.05) is 19.1 Å². The summed E-state index contributed by atoms with van der Waals surface area (Å²) in [5.41, 5.74) is 2.28. The lowest BCUT2D eigenvalue weighted by Gasteiger charge is -2.05. The van der Waals surface area contributed by atoms with Crippen molar-refractivity contribution in [1.82, 2.24) is 9.97 Å². The summed E-state index contributed by atoms with van der Waals surface area (Å²) >= 11 is 3.40. The van der Waals surface area contributed by atoms with Gasteiger partial charge in [0.15, 0.2) is 0 Å². The van der Waals surface area contributed by atoms with Crippen molar-refractivity contribution in [3.8, 4) is 5.75 Å². The Morgan fingerprint density at radius 2 is 2.31 bits per heavy atom. The molecule has 2 rings (SSSR count). The Morgan fingerprint density at radius 1 is 1.44 bits per heavy atom. The Labute approximate surface area is 103 Å². The lowest BCUT2D eigenvalue weighted by Crippen LogP contribution is -1.94. The summed E-state index contributed by atoms with van der Waals surface area (Å²) in [5, 5.41) is 0. The predicted octanol–water partition coefficient (Wildman–Crippen LogP) is 3.16. The van der Waals surface area contributed by atoms with Crippen molar-refractivity contribution < 1.29 is 4.74 Å². The van der Waals surface area contributed by atoms with Gasteiger partial charge in [-0.1, -0.05) is 12.1 Å². The van der Waals surface area contributed by atoms with Gasteiger partial charge >= 0.3 is 0 Å². The number of hydrogen-bond acceptors (Lipinski definition) is 2. The third-order valence-electron chi connectivity index (χ3n) is 2.26. The highest BCUT2D eigenvalue weighted by atomic mass is 79.9. The van der Waals surface area contributed by atoms with Gasteiger partial charge in [-0.3, -0.25) is 0 Å². The van der Waals surface area contributed by atoms with E-state index in [4.69, 9.17) is 4.74 Å². The molecule has 0 atom stereocenters. The van der Waals surface area contributed by atoms with E-state index in [1.165, 1.54) is 5.56 Å². The van der Waals surface area contributed by atoms with Gasteiger partial charge in [-0.25, -0.2) is 4.98 Å². The molecule has 0 amide bonds. The molecule has 3 nitrogen and oxygen atoms in total. The molecule has 1 heterocycles. The fourth-order valence-electron chi connectivity index (χ4n) is 1.54. The second-order valence-electron chi connectivity index (χ2n) is 3.43. The zero-order valence-corrected chi connectivity index (χ0v) is 10.6. The minimum atomic E-state index is 0.692. The van der Waals surface area contributed by atoms with Gasteiger partial charge < -0.3 is 9.72 Å². The molecule has 0 saturated heterocycles. The summed E-state index contributed by atoms with van der Waals surface area (Å²) in [4.78, 5) is 7.21. The Balaban J connectivity index is 2.15. The largest absolute Gasteiger partial charge is 0.494 e. The molecule has 0 saturated carbocycles. The molecule has 1 aromatic carbocycles. The van der Waals surface area contributed by atoms with Crippen LogP contribution in [0.15, 0.2) is 35.2 Å². The topological polar surface area (TPSA) is 37.9 Å². The number of imidazole rings is 1. The average Bonchev–Trinajstić information content (AvgIpc) is 2.66. The Morgan fingerprint density at radius 3 is 3.00 bits per heavy atom. The van der Waals surface area contributed by atoms with Crippen LogP contribution in [0.4, 0.5) is 0 Å². The van der Waals surface area contributed by atoms with Crippen LogP contribution in [0.3, 0.4) is 0 Å². The highest BCUT2D eigenvalue weighted by Gasteiger charge is 2.04. The number of H-pyrrole nitrogens is 1. The van der Waals surface area contributed by atoms with E-state index in [0.29, 0.717) is 6.61 Å². The monoisotopic (exact) mass is 280 g/mol. The lowest BCUT2D eigenvalue weighted by molar-refractivity contribution is 0.340. The number of aromatic amines is 1. The highest BCUT2D eigenvalue weighted by Crippen LogP contribution is 2.19. The van der Waals surface area contributed by atoms with Crippen LogP contribution in [-0.4, -0.2) is 16.6 Å². The highest BCUT2D eigenvalue weighted by molar-refractivity contribution is 9.10. The SMILES string of the molecule is CCOc1cccc(Cc2[nH]cnc2Br)c1. The van der Waals surface area contributed by atoms with Crippen LogP contribution in [0.5, 0.6) is 5.75 Å². The van der Waals surface area contributed by atoms with Gasteiger partial charge in [0.1, 0.15) is 10.4 Å². The van der Waals surface area contributed by atoms with E-state index in [9.17, 15) is 0 Å². The van der Waals surface area contributed by atoms with E-state index in [2.05, 4.69) is 38.0 Å². The smallest absolute Gasteiger partial charge is 0.127 e. The van der Waals surface area contributed by atoms with E-state index >= 15 is 0 Å². The summed E-state index contributed by atoms with van der Waals surface area (Å²) in [6.45, 7) is 2.68. The normalized spacial score (nSPS) is 10.4. The molecule has 4 heteroatoms. The second kappa shape index (κ2) is 5.16. The molecule has 0 aliphatic rings. The maximum Gasteiger partial charge on any atom is 0.127 e. The van der Waals surface area contributed by atoms with Crippen LogP contribution in [-0.2, 0) is 6.42 Å². The third-order valence-corrected chi connectivity index (χ3v) is 2.94. The molecule has 0 radical (unpaired) electrons. The molecule has 0 spiro atoms. The first-order valence-corrected chi connectivity index (χ1v) is 5.98. The van der Waals surface area contributed by atoms with Gasteiger partial charge in [0.2, 0.25) is 0 Å². The maximum absolute atomic E-state index is 5.46. The van der Waals surface area contributed by atoms with Crippen LogP contribution >= 0.6 is 15.9 Å². The number of ether oxygens (including phenoxy) is 1. The average molecular weight is 281 g/mol. The number of rotatable bonds is 4. The molecule has 1 aromatic heterocycles. The molecular formula is C12H13BrN2O. The first-order chi connectivity index (χ1) is 7.79. The third kappa shape index (κ3) is 2.64. The van der Waals surface area contributed by atoms with Crippen molar-refractivity contribution in [2.45, 2.75) is 13.3 Å². The summed E-state index contributed by atoms with van der Waals surface area (Å²) in [7, 11) is 0. The predicted molar refractivity (Wildman–Crippen MR) is 66.7 cm³/mol. The molecule has 0 fully saturated rings. The van der Waals surface area contributed by atoms with Crippen molar-refractivity contribution in [3.05, 3.63) is 46.5 Å². The first kappa shape index (κ1) is 11.2. The van der Waals surface area contributed by atoms with E-state index in [1.54, 1.807) is 6.33 Å². The minimum absolute atomic E-state index is 0.692. The standard InChI is InChI=1S/C12H13BrN2O/c1-2-16-10-5-3-4-9(6-10)7-11-12(13)15-8-14-11/h3-6,8H,2,7H2,1H3,(H,14,15). The van der Waals surface area contributed by atoms with Gasteiger partial charge in [-0.15, -0.1) is 0 Å². The second-order valence-corrected chi connectivity index (χ2v) is 4.18. The molecule has 0 aliphatic heterocycles. The van der Waals surface area contributed by atoms with E-state index < -0.39 is 0 Å². The molecule has 2 aromatic rings. The van der Waals surface area contributed by atoms with Gasteiger partial charge in [-0.2, -0.15) is 0 Å². The molecule has 84 valence electrons. The number of nitrogens with zero attached hydrogens (tertiary/aromatic N) is 1.